The SMILES string of the molecule is Cc1nc(-c2ccc(Br)cc2)sc1CN1CCNCC1. The van der Waals surface area contributed by atoms with E-state index in [4.69, 9.17) is 4.98 Å². The molecule has 1 fully saturated rings. The summed E-state index contributed by atoms with van der Waals surface area (Å²) in [5.74, 6) is 0. The average Bonchev–Trinajstić information content (AvgIpc) is 2.82. The first-order chi connectivity index (χ1) is 9.72. The van der Waals surface area contributed by atoms with Crippen molar-refractivity contribution in [3.8, 4) is 10.6 Å². The molecule has 0 spiro atoms. The van der Waals surface area contributed by atoms with Crippen LogP contribution in [0.2, 0.25) is 0 Å². The predicted molar refractivity (Wildman–Crippen MR) is 88.1 cm³/mol. The molecule has 0 radical (unpaired) electrons. The maximum Gasteiger partial charge on any atom is 0.123 e. The van der Waals surface area contributed by atoms with Crippen molar-refractivity contribution in [2.24, 2.45) is 0 Å². The molecule has 0 aliphatic carbocycles. The molecule has 1 saturated heterocycles. The van der Waals surface area contributed by atoms with E-state index < -0.39 is 0 Å². The quantitative estimate of drug-likeness (QED) is 0.919. The first-order valence-electron chi connectivity index (χ1n) is 6.88. The topological polar surface area (TPSA) is 28.2 Å². The molecule has 2 aromatic rings. The van der Waals surface area contributed by atoms with E-state index in [0.717, 1.165) is 42.2 Å². The molecular formula is C15H18BrN3S. The van der Waals surface area contributed by atoms with Crippen LogP contribution in [0.3, 0.4) is 0 Å². The number of hydrogen-bond donors (Lipinski definition) is 1. The van der Waals surface area contributed by atoms with Gasteiger partial charge in [0.25, 0.3) is 0 Å². The van der Waals surface area contributed by atoms with Gasteiger partial charge in [-0.25, -0.2) is 4.98 Å². The average molecular weight is 352 g/mol. The predicted octanol–water partition coefficient (Wildman–Crippen LogP) is 3.29. The van der Waals surface area contributed by atoms with Crippen molar-refractivity contribution in [2.45, 2.75) is 13.5 Å². The van der Waals surface area contributed by atoms with E-state index in [9.17, 15) is 0 Å². The second kappa shape index (κ2) is 6.35. The zero-order valence-electron chi connectivity index (χ0n) is 11.5. The van der Waals surface area contributed by atoms with Crippen LogP contribution in [-0.4, -0.2) is 36.1 Å². The molecule has 0 amide bonds. The fourth-order valence-electron chi connectivity index (χ4n) is 2.36. The lowest BCUT2D eigenvalue weighted by molar-refractivity contribution is 0.234. The summed E-state index contributed by atoms with van der Waals surface area (Å²) in [5, 5.41) is 4.52. The Labute approximate surface area is 132 Å². The molecule has 3 rings (SSSR count). The van der Waals surface area contributed by atoms with Gasteiger partial charge in [-0.1, -0.05) is 28.1 Å². The molecule has 20 heavy (non-hydrogen) atoms. The van der Waals surface area contributed by atoms with Gasteiger partial charge in [0.15, 0.2) is 0 Å². The van der Waals surface area contributed by atoms with Gasteiger partial charge in [0, 0.05) is 47.6 Å². The van der Waals surface area contributed by atoms with Crippen LogP contribution in [0, 0.1) is 6.92 Å². The van der Waals surface area contributed by atoms with E-state index in [1.54, 1.807) is 0 Å². The Morgan fingerprint density at radius 3 is 2.65 bits per heavy atom. The van der Waals surface area contributed by atoms with Crippen molar-refractivity contribution in [1.29, 1.82) is 0 Å². The third kappa shape index (κ3) is 3.28. The van der Waals surface area contributed by atoms with Crippen LogP contribution in [0.5, 0.6) is 0 Å². The number of piperazine rings is 1. The highest BCUT2D eigenvalue weighted by Crippen LogP contribution is 2.29. The lowest BCUT2D eigenvalue weighted by atomic mass is 10.2. The normalized spacial score (nSPS) is 16.5. The van der Waals surface area contributed by atoms with Crippen molar-refractivity contribution in [3.63, 3.8) is 0 Å². The van der Waals surface area contributed by atoms with Gasteiger partial charge in [0.1, 0.15) is 5.01 Å². The molecule has 0 atom stereocenters. The summed E-state index contributed by atoms with van der Waals surface area (Å²) < 4.78 is 1.11. The van der Waals surface area contributed by atoms with Crippen LogP contribution in [0.15, 0.2) is 28.7 Å². The van der Waals surface area contributed by atoms with Crippen LogP contribution in [0.4, 0.5) is 0 Å². The molecule has 1 N–H and O–H groups in total. The van der Waals surface area contributed by atoms with Gasteiger partial charge in [-0.3, -0.25) is 4.90 Å². The van der Waals surface area contributed by atoms with E-state index in [1.165, 1.54) is 16.1 Å². The monoisotopic (exact) mass is 351 g/mol. The molecule has 1 aromatic heterocycles. The molecule has 1 aliphatic heterocycles. The summed E-state index contributed by atoms with van der Waals surface area (Å²) in [6, 6.07) is 8.39. The van der Waals surface area contributed by atoms with Crippen molar-refractivity contribution in [3.05, 3.63) is 39.3 Å². The van der Waals surface area contributed by atoms with Crippen LogP contribution in [0.25, 0.3) is 10.6 Å². The lowest BCUT2D eigenvalue weighted by Gasteiger charge is -2.26. The Bertz CT molecular complexity index is 573. The van der Waals surface area contributed by atoms with E-state index in [-0.39, 0.29) is 0 Å². The van der Waals surface area contributed by atoms with Crippen molar-refractivity contribution in [2.75, 3.05) is 26.2 Å². The summed E-state index contributed by atoms with van der Waals surface area (Å²) >= 11 is 5.30. The van der Waals surface area contributed by atoms with E-state index in [0.29, 0.717) is 0 Å². The zero-order chi connectivity index (χ0) is 13.9. The number of rotatable bonds is 3. The summed E-state index contributed by atoms with van der Waals surface area (Å²) in [4.78, 5) is 8.63. The Hall–Kier alpha value is -0.750. The number of aromatic nitrogens is 1. The fraction of sp³-hybridized carbons (Fsp3) is 0.400. The number of nitrogens with zero attached hydrogens (tertiary/aromatic N) is 2. The zero-order valence-corrected chi connectivity index (χ0v) is 13.9. The molecule has 3 nitrogen and oxygen atoms in total. The highest BCUT2D eigenvalue weighted by molar-refractivity contribution is 9.10. The molecule has 5 heteroatoms. The standard InChI is InChI=1S/C15H18BrN3S/c1-11-14(10-19-8-6-17-7-9-19)20-15(18-11)12-2-4-13(16)5-3-12/h2-5,17H,6-10H2,1H3. The number of halogens is 1. The second-order valence-electron chi connectivity index (χ2n) is 5.06. The summed E-state index contributed by atoms with van der Waals surface area (Å²) in [5.41, 5.74) is 2.37. The molecule has 106 valence electrons. The number of nitrogens with one attached hydrogen (secondary N) is 1. The molecule has 0 saturated carbocycles. The highest BCUT2D eigenvalue weighted by atomic mass is 79.9. The van der Waals surface area contributed by atoms with Crippen LogP contribution < -0.4 is 5.32 Å². The minimum absolute atomic E-state index is 1.03. The van der Waals surface area contributed by atoms with Gasteiger partial charge >= 0.3 is 0 Å². The van der Waals surface area contributed by atoms with Crippen LogP contribution in [-0.2, 0) is 6.54 Å². The smallest absolute Gasteiger partial charge is 0.123 e. The number of hydrogen-bond acceptors (Lipinski definition) is 4. The van der Waals surface area contributed by atoms with Crippen LogP contribution in [0.1, 0.15) is 10.6 Å². The van der Waals surface area contributed by atoms with Gasteiger partial charge < -0.3 is 5.32 Å². The van der Waals surface area contributed by atoms with Gasteiger partial charge in [-0.15, -0.1) is 11.3 Å². The summed E-state index contributed by atoms with van der Waals surface area (Å²) in [6.07, 6.45) is 0. The molecule has 1 aliphatic rings. The van der Waals surface area contributed by atoms with Crippen molar-refractivity contribution in [1.82, 2.24) is 15.2 Å². The van der Waals surface area contributed by atoms with E-state index in [1.807, 2.05) is 11.3 Å². The van der Waals surface area contributed by atoms with Crippen molar-refractivity contribution < 1.29 is 0 Å². The number of benzene rings is 1. The summed E-state index contributed by atoms with van der Waals surface area (Å²) in [7, 11) is 0. The minimum Gasteiger partial charge on any atom is -0.314 e. The van der Waals surface area contributed by atoms with E-state index in [2.05, 4.69) is 57.3 Å². The molecular weight excluding hydrogens is 334 g/mol. The Morgan fingerprint density at radius 2 is 1.95 bits per heavy atom. The van der Waals surface area contributed by atoms with Crippen molar-refractivity contribution >= 4 is 27.3 Å². The Kier molecular flexibility index (Phi) is 4.51. The van der Waals surface area contributed by atoms with Gasteiger partial charge in [0.05, 0.1) is 5.69 Å². The molecule has 1 aromatic carbocycles. The highest BCUT2D eigenvalue weighted by Gasteiger charge is 2.15. The Morgan fingerprint density at radius 1 is 1.25 bits per heavy atom. The maximum absolute atomic E-state index is 4.74. The summed E-state index contributed by atoms with van der Waals surface area (Å²) in [6.45, 7) is 7.60. The first-order valence-corrected chi connectivity index (χ1v) is 8.48. The van der Waals surface area contributed by atoms with Gasteiger partial charge in [-0.05, 0) is 19.1 Å². The first kappa shape index (κ1) is 14.2. The minimum atomic E-state index is 1.03. The third-order valence-corrected chi connectivity index (χ3v) is 5.28. The number of aryl methyl sites for hydroxylation is 1. The fourth-order valence-corrected chi connectivity index (χ4v) is 3.74. The molecule has 2 heterocycles. The third-order valence-electron chi connectivity index (χ3n) is 3.56. The largest absolute Gasteiger partial charge is 0.314 e. The number of thiazole rings is 1. The van der Waals surface area contributed by atoms with E-state index >= 15 is 0 Å². The molecule has 0 unspecified atom stereocenters. The maximum atomic E-state index is 4.74. The molecule has 0 bridgehead atoms. The lowest BCUT2D eigenvalue weighted by Crippen LogP contribution is -2.42. The van der Waals surface area contributed by atoms with Crippen LogP contribution >= 0.6 is 27.3 Å². The van der Waals surface area contributed by atoms with Gasteiger partial charge in [0.2, 0.25) is 0 Å². The Balaban J connectivity index is 1.78. The second-order valence-corrected chi connectivity index (χ2v) is 7.06. The van der Waals surface area contributed by atoms with Gasteiger partial charge in [-0.2, -0.15) is 0 Å².